The maximum Gasteiger partial charge on any atom is 0.321 e. The fraction of sp³-hybridized carbons (Fsp3) is 0.286. The first-order chi connectivity index (χ1) is 14.5. The third-order valence-corrected chi connectivity index (χ3v) is 3.99. The number of carbonyl (C=O) groups is 3. The molecular formula is C21H24N2O7. The van der Waals surface area contributed by atoms with Gasteiger partial charge in [-0.25, -0.2) is 4.79 Å². The first kappa shape index (κ1) is 22.5. The Kier molecular flexibility index (Phi) is 8.49. The van der Waals surface area contributed by atoms with Gasteiger partial charge in [0.1, 0.15) is 0 Å². The number of carbonyl (C=O) groups excluding carboxylic acids is 3. The van der Waals surface area contributed by atoms with Crippen LogP contribution in [0.4, 0.5) is 4.79 Å². The van der Waals surface area contributed by atoms with E-state index in [2.05, 4.69) is 10.6 Å². The van der Waals surface area contributed by atoms with E-state index in [9.17, 15) is 14.4 Å². The highest BCUT2D eigenvalue weighted by Crippen LogP contribution is 2.38. The molecule has 3 amide bonds. The van der Waals surface area contributed by atoms with Gasteiger partial charge in [-0.15, -0.1) is 0 Å². The Labute approximate surface area is 174 Å². The van der Waals surface area contributed by atoms with Crippen LogP contribution < -0.4 is 24.8 Å². The van der Waals surface area contributed by atoms with E-state index in [1.54, 1.807) is 12.1 Å². The molecule has 9 heteroatoms. The van der Waals surface area contributed by atoms with Gasteiger partial charge in [-0.1, -0.05) is 30.3 Å². The Bertz CT molecular complexity index is 859. The largest absolute Gasteiger partial charge is 0.493 e. The van der Waals surface area contributed by atoms with Crippen LogP contribution in [0.5, 0.6) is 17.2 Å². The molecule has 0 atom stereocenters. The average Bonchev–Trinajstić information content (AvgIpc) is 2.76. The molecule has 30 heavy (non-hydrogen) atoms. The van der Waals surface area contributed by atoms with Crippen LogP contribution >= 0.6 is 0 Å². The number of hydrogen-bond acceptors (Lipinski definition) is 7. The van der Waals surface area contributed by atoms with E-state index in [1.165, 1.54) is 21.3 Å². The maximum atomic E-state index is 12.1. The highest BCUT2D eigenvalue weighted by Gasteiger charge is 2.16. The minimum atomic E-state index is -0.737. The topological polar surface area (TPSA) is 112 Å². The first-order valence-electron chi connectivity index (χ1n) is 9.03. The van der Waals surface area contributed by atoms with E-state index in [0.717, 1.165) is 5.56 Å². The Morgan fingerprint density at radius 2 is 1.50 bits per heavy atom. The lowest BCUT2D eigenvalue weighted by Gasteiger charge is -2.14. The van der Waals surface area contributed by atoms with Crippen molar-refractivity contribution < 1.29 is 33.3 Å². The molecule has 0 saturated carbocycles. The molecule has 160 valence electrons. The van der Waals surface area contributed by atoms with Crippen molar-refractivity contribution in [2.24, 2.45) is 0 Å². The summed E-state index contributed by atoms with van der Waals surface area (Å²) in [5, 5.41) is 4.64. The number of methoxy groups -OCH3 is 3. The zero-order valence-electron chi connectivity index (χ0n) is 17.0. The number of urea groups is 1. The summed E-state index contributed by atoms with van der Waals surface area (Å²) in [7, 11) is 4.40. The van der Waals surface area contributed by atoms with Gasteiger partial charge in [0.2, 0.25) is 5.75 Å². The van der Waals surface area contributed by atoms with Crippen molar-refractivity contribution in [1.29, 1.82) is 0 Å². The van der Waals surface area contributed by atoms with Crippen LogP contribution in [0.3, 0.4) is 0 Å². The summed E-state index contributed by atoms with van der Waals surface area (Å²) in [6.45, 7) is -0.317. The van der Waals surface area contributed by atoms with E-state index >= 15 is 0 Å². The van der Waals surface area contributed by atoms with Gasteiger partial charge in [-0.05, 0) is 23.3 Å². The van der Waals surface area contributed by atoms with E-state index in [1.807, 2.05) is 30.3 Å². The minimum Gasteiger partial charge on any atom is -0.493 e. The number of imide groups is 1. The summed E-state index contributed by atoms with van der Waals surface area (Å²) in [5.41, 5.74) is 1.44. The van der Waals surface area contributed by atoms with E-state index in [-0.39, 0.29) is 13.0 Å². The SMILES string of the molecule is COc1cc(CC(=O)OCC(=O)NC(=O)NCc2ccccc2)cc(OC)c1OC. The molecule has 0 aromatic heterocycles. The highest BCUT2D eigenvalue weighted by molar-refractivity contribution is 5.95. The molecule has 0 aliphatic rings. The second-order valence-electron chi connectivity index (χ2n) is 6.09. The zero-order chi connectivity index (χ0) is 21.9. The number of ether oxygens (including phenoxy) is 4. The van der Waals surface area contributed by atoms with Crippen molar-refractivity contribution in [3.05, 3.63) is 53.6 Å². The summed E-state index contributed by atoms with van der Waals surface area (Å²) in [6, 6.07) is 11.8. The monoisotopic (exact) mass is 416 g/mol. The predicted molar refractivity (Wildman–Crippen MR) is 108 cm³/mol. The van der Waals surface area contributed by atoms with Crippen molar-refractivity contribution in [1.82, 2.24) is 10.6 Å². The number of nitrogens with one attached hydrogen (secondary N) is 2. The lowest BCUT2D eigenvalue weighted by molar-refractivity contribution is -0.147. The number of amides is 3. The molecule has 0 radical (unpaired) electrons. The van der Waals surface area contributed by atoms with Gasteiger partial charge in [-0.3, -0.25) is 14.9 Å². The average molecular weight is 416 g/mol. The van der Waals surface area contributed by atoms with Crippen molar-refractivity contribution in [2.45, 2.75) is 13.0 Å². The van der Waals surface area contributed by atoms with Gasteiger partial charge in [0.25, 0.3) is 5.91 Å². The molecule has 0 fully saturated rings. The first-order valence-corrected chi connectivity index (χ1v) is 9.03. The number of hydrogen-bond donors (Lipinski definition) is 2. The number of benzene rings is 2. The van der Waals surface area contributed by atoms with Crippen LogP contribution in [-0.2, 0) is 27.3 Å². The summed E-state index contributed by atoms with van der Waals surface area (Å²) >= 11 is 0. The molecule has 2 rings (SSSR count). The van der Waals surface area contributed by atoms with E-state index in [0.29, 0.717) is 22.8 Å². The molecule has 0 unspecified atom stereocenters. The van der Waals surface area contributed by atoms with Crippen LogP contribution in [0.25, 0.3) is 0 Å². The zero-order valence-corrected chi connectivity index (χ0v) is 17.0. The summed E-state index contributed by atoms with van der Waals surface area (Å²) in [6.07, 6.45) is -0.121. The van der Waals surface area contributed by atoms with Crippen molar-refractivity contribution in [3.8, 4) is 17.2 Å². The Morgan fingerprint density at radius 1 is 0.867 bits per heavy atom. The van der Waals surface area contributed by atoms with Crippen LogP contribution in [0.15, 0.2) is 42.5 Å². The smallest absolute Gasteiger partial charge is 0.321 e. The quantitative estimate of drug-likeness (QED) is 0.600. The van der Waals surface area contributed by atoms with Crippen molar-refractivity contribution >= 4 is 17.9 Å². The van der Waals surface area contributed by atoms with E-state index < -0.39 is 24.5 Å². The molecule has 9 nitrogen and oxygen atoms in total. The van der Waals surface area contributed by atoms with Crippen LogP contribution in [0, 0.1) is 0 Å². The summed E-state index contributed by atoms with van der Waals surface area (Å²) < 4.78 is 20.6. The standard InChI is InChI=1S/C21H24N2O7/c1-27-16-9-15(10-17(28-2)20(16)29-3)11-19(25)30-13-18(24)23-21(26)22-12-14-7-5-4-6-8-14/h4-10H,11-13H2,1-3H3,(H2,22,23,24,26). The molecule has 0 aliphatic carbocycles. The molecule has 0 aliphatic heterocycles. The van der Waals surface area contributed by atoms with Gasteiger partial charge in [0, 0.05) is 6.54 Å². The van der Waals surface area contributed by atoms with Crippen LogP contribution in [-0.4, -0.2) is 45.8 Å². The van der Waals surface area contributed by atoms with Crippen LogP contribution in [0.2, 0.25) is 0 Å². The molecule has 0 saturated heterocycles. The summed E-state index contributed by atoms with van der Waals surface area (Å²) in [4.78, 5) is 35.6. The van der Waals surface area contributed by atoms with Gasteiger partial charge in [0.05, 0.1) is 27.8 Å². The predicted octanol–water partition coefficient (Wildman–Crippen LogP) is 1.82. The lowest BCUT2D eigenvalue weighted by Crippen LogP contribution is -2.41. The third kappa shape index (κ3) is 6.69. The second kappa shape index (κ2) is 11.3. The fourth-order valence-corrected chi connectivity index (χ4v) is 2.59. The van der Waals surface area contributed by atoms with Crippen LogP contribution in [0.1, 0.15) is 11.1 Å². The van der Waals surface area contributed by atoms with Gasteiger partial charge >= 0.3 is 12.0 Å². The second-order valence-corrected chi connectivity index (χ2v) is 6.09. The Hall–Kier alpha value is -3.75. The molecule has 0 bridgehead atoms. The van der Waals surface area contributed by atoms with Gasteiger partial charge < -0.3 is 24.3 Å². The highest BCUT2D eigenvalue weighted by atomic mass is 16.5. The number of esters is 1. The molecule has 2 aromatic rings. The van der Waals surface area contributed by atoms with Gasteiger partial charge in [0.15, 0.2) is 18.1 Å². The van der Waals surface area contributed by atoms with E-state index in [4.69, 9.17) is 18.9 Å². The number of rotatable bonds is 9. The molecule has 0 heterocycles. The Balaban J connectivity index is 1.81. The maximum absolute atomic E-state index is 12.1. The third-order valence-electron chi connectivity index (χ3n) is 3.99. The normalized spacial score (nSPS) is 9.97. The van der Waals surface area contributed by atoms with Crippen molar-refractivity contribution in [2.75, 3.05) is 27.9 Å². The summed E-state index contributed by atoms with van der Waals surface area (Å²) in [5.74, 6) is -0.194. The molecular weight excluding hydrogens is 392 g/mol. The lowest BCUT2D eigenvalue weighted by atomic mass is 10.1. The van der Waals surface area contributed by atoms with Gasteiger partial charge in [-0.2, -0.15) is 0 Å². The molecule has 0 spiro atoms. The minimum absolute atomic E-state index is 0.121. The molecule has 2 N–H and O–H groups in total. The Morgan fingerprint density at radius 3 is 2.07 bits per heavy atom. The fourth-order valence-electron chi connectivity index (χ4n) is 2.59. The molecule has 2 aromatic carbocycles. The van der Waals surface area contributed by atoms with Crippen molar-refractivity contribution in [3.63, 3.8) is 0 Å².